The molecule has 0 radical (unpaired) electrons. The SMILES string of the molecule is CC(C)C(=O)CC(NC(=O)CN1CCC(N2CCN(CCCN(C)C)CC2)CC1)C(=O)C(C)C. The Morgan fingerprint density at radius 1 is 0.882 bits per heavy atom. The van der Waals surface area contributed by atoms with E-state index >= 15 is 0 Å². The van der Waals surface area contributed by atoms with Crippen LogP contribution < -0.4 is 5.32 Å². The molecular formula is C26H49N5O3. The first kappa shape index (κ1) is 28.9. The first-order valence-electron chi connectivity index (χ1n) is 13.3. The van der Waals surface area contributed by atoms with E-state index in [4.69, 9.17) is 0 Å². The van der Waals surface area contributed by atoms with Crippen molar-refractivity contribution >= 4 is 17.5 Å². The van der Waals surface area contributed by atoms with Gasteiger partial charge in [-0.3, -0.25) is 24.2 Å². The van der Waals surface area contributed by atoms with Crippen LogP contribution in [0.15, 0.2) is 0 Å². The molecule has 0 aromatic rings. The molecule has 0 spiro atoms. The molecule has 1 N–H and O–H groups in total. The lowest BCUT2D eigenvalue weighted by Crippen LogP contribution is -2.54. The summed E-state index contributed by atoms with van der Waals surface area (Å²) in [5.41, 5.74) is 0. The number of Topliss-reactive ketones (excluding diaryl/α,β-unsaturated/α-hetero) is 2. The van der Waals surface area contributed by atoms with Gasteiger partial charge in [0.15, 0.2) is 5.78 Å². The highest BCUT2D eigenvalue weighted by atomic mass is 16.2. The number of carbonyl (C=O) groups is 3. The fraction of sp³-hybridized carbons (Fsp3) is 0.885. The maximum Gasteiger partial charge on any atom is 0.234 e. The van der Waals surface area contributed by atoms with Crippen molar-refractivity contribution in [3.8, 4) is 0 Å². The summed E-state index contributed by atoms with van der Waals surface area (Å²) in [5, 5.41) is 2.86. The van der Waals surface area contributed by atoms with E-state index in [1.54, 1.807) is 0 Å². The Morgan fingerprint density at radius 2 is 1.50 bits per heavy atom. The van der Waals surface area contributed by atoms with Crippen molar-refractivity contribution in [3.63, 3.8) is 0 Å². The number of likely N-dealkylation sites (tertiary alicyclic amines) is 1. The van der Waals surface area contributed by atoms with Gasteiger partial charge in [-0.25, -0.2) is 0 Å². The maximum absolute atomic E-state index is 12.7. The predicted molar refractivity (Wildman–Crippen MR) is 137 cm³/mol. The van der Waals surface area contributed by atoms with Gasteiger partial charge in [-0.15, -0.1) is 0 Å². The predicted octanol–water partition coefficient (Wildman–Crippen LogP) is 1.35. The van der Waals surface area contributed by atoms with E-state index in [2.05, 4.69) is 39.0 Å². The number of carbonyl (C=O) groups excluding carboxylic acids is 3. The zero-order valence-electron chi connectivity index (χ0n) is 22.5. The second kappa shape index (κ2) is 14.3. The highest BCUT2D eigenvalue weighted by molar-refractivity contribution is 5.95. The molecule has 34 heavy (non-hydrogen) atoms. The summed E-state index contributed by atoms with van der Waals surface area (Å²) in [6.45, 7) is 16.3. The lowest BCUT2D eigenvalue weighted by Gasteiger charge is -2.42. The number of piperidine rings is 1. The van der Waals surface area contributed by atoms with Gasteiger partial charge in [0.25, 0.3) is 0 Å². The first-order chi connectivity index (χ1) is 16.1. The zero-order chi connectivity index (χ0) is 25.3. The van der Waals surface area contributed by atoms with Gasteiger partial charge in [-0.05, 0) is 46.4 Å². The van der Waals surface area contributed by atoms with Crippen LogP contribution in [0.1, 0.15) is 53.4 Å². The van der Waals surface area contributed by atoms with Crippen molar-refractivity contribution in [1.29, 1.82) is 0 Å². The van der Waals surface area contributed by atoms with Gasteiger partial charge in [-0.1, -0.05) is 27.7 Å². The van der Waals surface area contributed by atoms with Crippen molar-refractivity contribution in [2.24, 2.45) is 11.8 Å². The van der Waals surface area contributed by atoms with Crippen LogP contribution in [0.2, 0.25) is 0 Å². The number of piperazine rings is 1. The van der Waals surface area contributed by atoms with Gasteiger partial charge in [0.1, 0.15) is 5.78 Å². The summed E-state index contributed by atoms with van der Waals surface area (Å²) in [5.74, 6) is -0.562. The molecule has 0 saturated carbocycles. The minimum atomic E-state index is -0.714. The minimum absolute atomic E-state index is 0.0120. The van der Waals surface area contributed by atoms with E-state index in [9.17, 15) is 14.4 Å². The molecule has 8 heteroatoms. The van der Waals surface area contributed by atoms with Crippen LogP contribution in [-0.2, 0) is 14.4 Å². The molecule has 1 atom stereocenters. The maximum atomic E-state index is 12.7. The molecule has 1 unspecified atom stereocenters. The molecule has 1 amide bonds. The van der Waals surface area contributed by atoms with E-state index < -0.39 is 6.04 Å². The second-order valence-corrected chi connectivity index (χ2v) is 11.0. The molecule has 2 rings (SSSR count). The third-order valence-electron chi connectivity index (χ3n) is 7.22. The summed E-state index contributed by atoms with van der Waals surface area (Å²) in [4.78, 5) is 47.1. The van der Waals surface area contributed by atoms with E-state index in [1.165, 1.54) is 13.0 Å². The molecule has 0 aliphatic carbocycles. The highest BCUT2D eigenvalue weighted by Gasteiger charge is 2.30. The third kappa shape index (κ3) is 9.72. The lowest BCUT2D eigenvalue weighted by molar-refractivity contribution is -0.132. The van der Waals surface area contributed by atoms with Crippen molar-refractivity contribution in [2.75, 3.05) is 73.0 Å². The van der Waals surface area contributed by atoms with Crippen molar-refractivity contribution in [2.45, 2.75) is 65.5 Å². The molecule has 196 valence electrons. The summed E-state index contributed by atoms with van der Waals surface area (Å²) in [6, 6.07) is -0.115. The largest absolute Gasteiger partial charge is 0.345 e. The smallest absolute Gasteiger partial charge is 0.234 e. The molecule has 8 nitrogen and oxygen atoms in total. The van der Waals surface area contributed by atoms with Crippen molar-refractivity contribution in [3.05, 3.63) is 0 Å². The number of nitrogens with one attached hydrogen (secondary N) is 1. The Kier molecular flexibility index (Phi) is 12.1. The van der Waals surface area contributed by atoms with Crippen molar-refractivity contribution < 1.29 is 14.4 Å². The number of ketones is 2. The minimum Gasteiger partial charge on any atom is -0.345 e. The average molecular weight is 480 g/mol. The molecule has 2 fully saturated rings. The first-order valence-corrected chi connectivity index (χ1v) is 13.3. The molecule has 2 aliphatic heterocycles. The van der Waals surface area contributed by atoms with Gasteiger partial charge in [0.05, 0.1) is 12.6 Å². The average Bonchev–Trinajstić information content (AvgIpc) is 2.78. The second-order valence-electron chi connectivity index (χ2n) is 11.0. The Hall–Kier alpha value is -1.35. The van der Waals surface area contributed by atoms with Gasteiger partial charge >= 0.3 is 0 Å². The molecule has 0 aromatic heterocycles. The molecule has 0 aromatic carbocycles. The van der Waals surface area contributed by atoms with E-state index in [0.717, 1.165) is 58.7 Å². The zero-order valence-corrected chi connectivity index (χ0v) is 22.5. The van der Waals surface area contributed by atoms with Gasteiger partial charge in [0.2, 0.25) is 5.91 Å². The highest BCUT2D eigenvalue weighted by Crippen LogP contribution is 2.18. The van der Waals surface area contributed by atoms with Crippen LogP contribution in [0.25, 0.3) is 0 Å². The summed E-state index contributed by atoms with van der Waals surface area (Å²) >= 11 is 0. The van der Waals surface area contributed by atoms with Crippen LogP contribution in [0, 0.1) is 11.8 Å². The van der Waals surface area contributed by atoms with Gasteiger partial charge in [-0.2, -0.15) is 0 Å². The summed E-state index contributed by atoms with van der Waals surface area (Å²) in [7, 11) is 4.26. The number of hydrogen-bond acceptors (Lipinski definition) is 7. The molecular weight excluding hydrogens is 430 g/mol. The number of amides is 1. The molecule has 2 heterocycles. The third-order valence-corrected chi connectivity index (χ3v) is 7.22. The van der Waals surface area contributed by atoms with Crippen LogP contribution >= 0.6 is 0 Å². The Bertz CT molecular complexity index is 651. The summed E-state index contributed by atoms with van der Waals surface area (Å²) < 4.78 is 0. The van der Waals surface area contributed by atoms with E-state index in [-0.39, 0.29) is 35.7 Å². The fourth-order valence-electron chi connectivity index (χ4n) is 4.91. The Morgan fingerprint density at radius 3 is 2.03 bits per heavy atom. The standard InChI is InChI=1S/C26H49N5O3/c1-20(2)24(32)18-23(26(34)21(3)4)27-25(33)19-30-12-8-22(9-13-30)31-16-14-29(15-17-31)11-7-10-28(5)6/h20-23H,7-19H2,1-6H3,(H,27,33). The summed E-state index contributed by atoms with van der Waals surface area (Å²) in [6.07, 6.45) is 3.47. The van der Waals surface area contributed by atoms with Crippen LogP contribution in [-0.4, -0.2) is 122 Å². The monoisotopic (exact) mass is 479 g/mol. The quantitative estimate of drug-likeness (QED) is 0.427. The normalized spacial score (nSPS) is 20.3. The number of hydrogen-bond donors (Lipinski definition) is 1. The number of nitrogens with zero attached hydrogens (tertiary/aromatic N) is 4. The van der Waals surface area contributed by atoms with Gasteiger partial charge in [0, 0.05) is 63.6 Å². The van der Waals surface area contributed by atoms with E-state index in [1.807, 2.05) is 27.7 Å². The van der Waals surface area contributed by atoms with Crippen molar-refractivity contribution in [1.82, 2.24) is 24.9 Å². The van der Waals surface area contributed by atoms with E-state index in [0.29, 0.717) is 12.6 Å². The number of rotatable bonds is 13. The topological polar surface area (TPSA) is 76.2 Å². The molecule has 2 saturated heterocycles. The van der Waals surface area contributed by atoms with Crippen LogP contribution in [0.4, 0.5) is 0 Å². The molecule has 2 aliphatic rings. The Balaban J connectivity index is 1.73. The Labute approximate surface area is 207 Å². The lowest BCUT2D eigenvalue weighted by atomic mass is 9.94. The molecule has 0 bridgehead atoms. The van der Waals surface area contributed by atoms with Gasteiger partial charge < -0.3 is 15.1 Å². The van der Waals surface area contributed by atoms with Crippen LogP contribution in [0.3, 0.4) is 0 Å². The fourth-order valence-corrected chi connectivity index (χ4v) is 4.91. The van der Waals surface area contributed by atoms with Crippen LogP contribution in [0.5, 0.6) is 0 Å².